The maximum Gasteiger partial charge on any atom is 0.0995 e. The van der Waals surface area contributed by atoms with Crippen molar-refractivity contribution < 1.29 is 10.1 Å². The first-order chi connectivity index (χ1) is 3.43. The Kier molecular flexibility index (Phi) is 1.44. The van der Waals surface area contributed by atoms with Crippen LogP contribution in [0.15, 0.2) is 12.2 Å². The summed E-state index contributed by atoms with van der Waals surface area (Å²) in [4.78, 5) is 4.05. The molecule has 2 heteroatoms. The van der Waals surface area contributed by atoms with Crippen molar-refractivity contribution in [1.82, 2.24) is 0 Å². The van der Waals surface area contributed by atoms with Gasteiger partial charge < -0.3 is 0 Å². The molecule has 0 aromatic heterocycles. The minimum Gasteiger partial charge on any atom is -0.252 e. The first-order valence-electron chi connectivity index (χ1n) is 2.38. The van der Waals surface area contributed by atoms with Crippen LogP contribution in [0.25, 0.3) is 0 Å². The number of rotatable bonds is 1. The fourth-order valence-corrected chi connectivity index (χ4v) is 0.678. The van der Waals surface area contributed by atoms with E-state index in [2.05, 4.69) is 4.89 Å². The Balaban J connectivity index is 2.22. The standard InChI is InChI=1S/C5H8O2/c6-7-5-3-1-2-4-5/h1-2,5-6H,3-4H2. The van der Waals surface area contributed by atoms with E-state index in [1.165, 1.54) is 0 Å². The summed E-state index contributed by atoms with van der Waals surface area (Å²) in [5.41, 5.74) is 0. The highest BCUT2D eigenvalue weighted by Gasteiger charge is 2.08. The smallest absolute Gasteiger partial charge is 0.0995 e. The van der Waals surface area contributed by atoms with Crippen molar-refractivity contribution >= 4 is 0 Å². The van der Waals surface area contributed by atoms with Gasteiger partial charge in [-0.1, -0.05) is 12.2 Å². The third kappa shape index (κ3) is 1.01. The lowest BCUT2D eigenvalue weighted by molar-refractivity contribution is -0.274. The Morgan fingerprint density at radius 2 is 2.00 bits per heavy atom. The topological polar surface area (TPSA) is 29.5 Å². The van der Waals surface area contributed by atoms with Crippen molar-refractivity contribution in [3.8, 4) is 0 Å². The molecular formula is C5H8O2. The van der Waals surface area contributed by atoms with Gasteiger partial charge in [0.2, 0.25) is 0 Å². The average Bonchev–Trinajstić information content (AvgIpc) is 2.14. The van der Waals surface area contributed by atoms with Gasteiger partial charge in [-0.2, -0.15) is 0 Å². The van der Waals surface area contributed by atoms with E-state index in [9.17, 15) is 0 Å². The predicted molar refractivity (Wildman–Crippen MR) is 25.9 cm³/mol. The van der Waals surface area contributed by atoms with Gasteiger partial charge in [-0.3, -0.25) is 5.26 Å². The molecule has 1 aliphatic rings. The molecule has 0 saturated carbocycles. The van der Waals surface area contributed by atoms with E-state index in [1.807, 2.05) is 12.2 Å². The van der Waals surface area contributed by atoms with E-state index in [0.29, 0.717) is 0 Å². The van der Waals surface area contributed by atoms with Crippen molar-refractivity contribution in [3.63, 3.8) is 0 Å². The zero-order chi connectivity index (χ0) is 5.11. The molecule has 1 aliphatic carbocycles. The summed E-state index contributed by atoms with van der Waals surface area (Å²) in [5.74, 6) is 0. The van der Waals surface area contributed by atoms with Crippen LogP contribution in [0.5, 0.6) is 0 Å². The molecule has 0 unspecified atom stereocenters. The summed E-state index contributed by atoms with van der Waals surface area (Å²) < 4.78 is 0. The van der Waals surface area contributed by atoms with Crippen LogP contribution in [0, 0.1) is 0 Å². The highest BCUT2D eigenvalue weighted by molar-refractivity contribution is 4.94. The molecule has 0 aliphatic heterocycles. The van der Waals surface area contributed by atoms with Gasteiger partial charge in [-0.25, -0.2) is 4.89 Å². The zero-order valence-electron chi connectivity index (χ0n) is 4.00. The second-order valence-electron chi connectivity index (χ2n) is 1.67. The predicted octanol–water partition coefficient (Wildman–Crippen LogP) is 1.19. The van der Waals surface area contributed by atoms with Gasteiger partial charge in [0.25, 0.3) is 0 Å². The van der Waals surface area contributed by atoms with Crippen LogP contribution >= 0.6 is 0 Å². The Bertz CT molecular complexity index is 70.1. The molecule has 0 bridgehead atoms. The Labute approximate surface area is 42.3 Å². The fourth-order valence-electron chi connectivity index (χ4n) is 0.678. The van der Waals surface area contributed by atoms with E-state index in [4.69, 9.17) is 5.26 Å². The molecule has 0 saturated heterocycles. The van der Waals surface area contributed by atoms with Crippen LogP contribution in [0.3, 0.4) is 0 Å². The minimum absolute atomic E-state index is 0.0417. The third-order valence-electron chi connectivity index (χ3n) is 1.11. The number of hydrogen-bond donors (Lipinski definition) is 1. The van der Waals surface area contributed by atoms with E-state index in [0.717, 1.165) is 12.8 Å². The maximum atomic E-state index is 8.03. The molecule has 40 valence electrons. The van der Waals surface area contributed by atoms with Crippen molar-refractivity contribution in [2.45, 2.75) is 18.9 Å². The lowest BCUT2D eigenvalue weighted by atomic mass is 10.3. The van der Waals surface area contributed by atoms with Gasteiger partial charge in [0.15, 0.2) is 0 Å². The molecule has 0 aromatic rings. The largest absolute Gasteiger partial charge is 0.252 e. The molecule has 0 heterocycles. The first kappa shape index (κ1) is 4.81. The van der Waals surface area contributed by atoms with Crippen LogP contribution in [0.2, 0.25) is 0 Å². The molecule has 7 heavy (non-hydrogen) atoms. The molecule has 0 spiro atoms. The van der Waals surface area contributed by atoms with Gasteiger partial charge in [0, 0.05) is 0 Å². The first-order valence-corrected chi connectivity index (χ1v) is 2.38. The van der Waals surface area contributed by atoms with Gasteiger partial charge in [-0.05, 0) is 12.8 Å². The van der Waals surface area contributed by atoms with Gasteiger partial charge >= 0.3 is 0 Å². The van der Waals surface area contributed by atoms with Crippen LogP contribution in [0.4, 0.5) is 0 Å². The molecule has 1 rings (SSSR count). The van der Waals surface area contributed by atoms with Crippen LogP contribution < -0.4 is 0 Å². The lowest BCUT2D eigenvalue weighted by Crippen LogP contribution is -2.02. The molecule has 1 N–H and O–H groups in total. The van der Waals surface area contributed by atoms with Gasteiger partial charge in [0.1, 0.15) is 0 Å². The minimum atomic E-state index is 0.0417. The zero-order valence-corrected chi connectivity index (χ0v) is 4.00. The van der Waals surface area contributed by atoms with Crippen molar-refractivity contribution in [1.29, 1.82) is 0 Å². The van der Waals surface area contributed by atoms with Crippen molar-refractivity contribution in [3.05, 3.63) is 12.2 Å². The second-order valence-corrected chi connectivity index (χ2v) is 1.67. The maximum absolute atomic E-state index is 8.03. The highest BCUT2D eigenvalue weighted by atomic mass is 17.1. The van der Waals surface area contributed by atoms with E-state index >= 15 is 0 Å². The molecular weight excluding hydrogens is 92.1 g/mol. The van der Waals surface area contributed by atoms with Crippen LogP contribution in [-0.2, 0) is 4.89 Å². The molecule has 0 fully saturated rings. The summed E-state index contributed by atoms with van der Waals surface area (Å²) >= 11 is 0. The Morgan fingerprint density at radius 1 is 1.43 bits per heavy atom. The normalized spacial score (nSPS) is 21.3. The summed E-state index contributed by atoms with van der Waals surface area (Å²) in [6.45, 7) is 0. The van der Waals surface area contributed by atoms with E-state index in [-0.39, 0.29) is 6.10 Å². The molecule has 0 atom stereocenters. The summed E-state index contributed by atoms with van der Waals surface area (Å²) in [6, 6.07) is 0. The number of hydrogen-bond acceptors (Lipinski definition) is 2. The second kappa shape index (κ2) is 2.09. The Hall–Kier alpha value is -0.340. The molecule has 0 radical (unpaired) electrons. The molecule has 0 aromatic carbocycles. The lowest BCUT2D eigenvalue weighted by Gasteiger charge is -1.99. The SMILES string of the molecule is OOC1CC=CC1. The average molecular weight is 100 g/mol. The summed E-state index contributed by atoms with van der Waals surface area (Å²) in [5, 5.41) is 8.03. The van der Waals surface area contributed by atoms with Crippen LogP contribution in [0.1, 0.15) is 12.8 Å². The highest BCUT2D eigenvalue weighted by Crippen LogP contribution is 2.11. The molecule has 0 amide bonds. The Morgan fingerprint density at radius 3 is 2.29 bits per heavy atom. The monoisotopic (exact) mass is 100 g/mol. The third-order valence-corrected chi connectivity index (χ3v) is 1.11. The summed E-state index contributed by atoms with van der Waals surface area (Å²) in [7, 11) is 0. The van der Waals surface area contributed by atoms with E-state index < -0.39 is 0 Å². The van der Waals surface area contributed by atoms with Gasteiger partial charge in [-0.15, -0.1) is 0 Å². The quantitative estimate of drug-likeness (QED) is 0.305. The van der Waals surface area contributed by atoms with Crippen molar-refractivity contribution in [2.24, 2.45) is 0 Å². The van der Waals surface area contributed by atoms with Crippen molar-refractivity contribution in [2.75, 3.05) is 0 Å². The fraction of sp³-hybridized carbons (Fsp3) is 0.600. The summed E-state index contributed by atoms with van der Waals surface area (Å²) in [6.07, 6.45) is 5.76. The van der Waals surface area contributed by atoms with E-state index in [1.54, 1.807) is 0 Å². The van der Waals surface area contributed by atoms with Crippen LogP contribution in [-0.4, -0.2) is 11.4 Å². The van der Waals surface area contributed by atoms with Gasteiger partial charge in [0.05, 0.1) is 6.10 Å². The molecule has 2 nitrogen and oxygen atoms in total.